The van der Waals surface area contributed by atoms with Crippen molar-refractivity contribution < 1.29 is 18.6 Å². The maximum absolute atomic E-state index is 12.6. The van der Waals surface area contributed by atoms with E-state index in [1.165, 1.54) is 6.07 Å². The zero-order valence-electron chi connectivity index (χ0n) is 15.3. The van der Waals surface area contributed by atoms with Crippen molar-refractivity contribution in [3.8, 4) is 5.75 Å². The van der Waals surface area contributed by atoms with Crippen LogP contribution in [0.25, 0.3) is 0 Å². The van der Waals surface area contributed by atoms with Gasteiger partial charge in [0, 0.05) is 29.7 Å². The fourth-order valence-electron chi connectivity index (χ4n) is 2.57. The first-order valence-corrected chi connectivity index (χ1v) is 9.65. The number of guanidine groups is 1. The minimum absolute atomic E-state index is 0.118. The van der Waals surface area contributed by atoms with E-state index in [0.717, 1.165) is 23.7 Å². The minimum atomic E-state index is -2.88. The quantitative estimate of drug-likeness (QED) is 0.364. The van der Waals surface area contributed by atoms with Gasteiger partial charge >= 0.3 is 6.61 Å². The summed E-state index contributed by atoms with van der Waals surface area (Å²) in [6.07, 6.45) is 2.80. The Bertz CT molecular complexity index is 553. The molecule has 0 radical (unpaired) electrons. The molecule has 0 amide bonds. The van der Waals surface area contributed by atoms with Crippen LogP contribution in [0.3, 0.4) is 0 Å². The van der Waals surface area contributed by atoms with Gasteiger partial charge in [0.1, 0.15) is 5.75 Å². The molecule has 1 aromatic carbocycles. The molecule has 0 fully saturated rings. The smallest absolute Gasteiger partial charge is 0.387 e. The first-order valence-electron chi connectivity index (χ1n) is 8.86. The topological polar surface area (TPSA) is 65.9 Å². The van der Waals surface area contributed by atoms with E-state index >= 15 is 0 Å². The second-order valence-corrected chi connectivity index (χ2v) is 6.79. The lowest BCUT2D eigenvalue weighted by atomic mass is 10.0. The highest BCUT2D eigenvalue weighted by Crippen LogP contribution is 2.25. The fraction of sp³-hybridized carbons (Fsp3) is 0.611. The summed E-state index contributed by atoms with van der Waals surface area (Å²) >= 11 is 3.34. The summed E-state index contributed by atoms with van der Waals surface area (Å²) < 4.78 is 30.5. The number of halogens is 3. The summed E-state index contributed by atoms with van der Waals surface area (Å²) in [4.78, 5) is 4.47. The maximum Gasteiger partial charge on any atom is 0.387 e. The SMILES string of the molecule is CCCC(CCO)CNC(=NCc1cc(Br)ccc1OC(F)F)NCC. The molecule has 0 bridgehead atoms. The Morgan fingerprint density at radius 1 is 1.27 bits per heavy atom. The molecule has 1 atom stereocenters. The normalized spacial score (nSPS) is 13.0. The third kappa shape index (κ3) is 8.80. The van der Waals surface area contributed by atoms with Crippen molar-refractivity contribution in [3.05, 3.63) is 28.2 Å². The first-order chi connectivity index (χ1) is 12.5. The van der Waals surface area contributed by atoms with E-state index in [9.17, 15) is 8.78 Å². The monoisotopic (exact) mass is 435 g/mol. The molecule has 1 aromatic rings. The van der Waals surface area contributed by atoms with E-state index in [4.69, 9.17) is 5.11 Å². The molecule has 0 saturated carbocycles. The molecular weight excluding hydrogens is 408 g/mol. The molecule has 0 aromatic heterocycles. The highest BCUT2D eigenvalue weighted by Gasteiger charge is 2.11. The largest absolute Gasteiger partial charge is 0.434 e. The third-order valence-corrected chi connectivity index (χ3v) is 4.28. The van der Waals surface area contributed by atoms with Crippen molar-refractivity contribution in [2.75, 3.05) is 19.7 Å². The molecule has 148 valence electrons. The van der Waals surface area contributed by atoms with Crippen LogP contribution in [0.5, 0.6) is 5.75 Å². The number of alkyl halides is 2. The Balaban J connectivity index is 2.80. The number of aliphatic hydroxyl groups excluding tert-OH is 1. The highest BCUT2D eigenvalue weighted by atomic mass is 79.9. The van der Waals surface area contributed by atoms with Crippen molar-refractivity contribution in [1.29, 1.82) is 0 Å². The molecule has 8 heteroatoms. The average Bonchev–Trinajstić information content (AvgIpc) is 2.59. The Kier molecular flexibility index (Phi) is 11.2. The number of hydrogen-bond donors (Lipinski definition) is 3. The lowest BCUT2D eigenvalue weighted by Gasteiger charge is -2.18. The molecule has 5 nitrogen and oxygen atoms in total. The first kappa shape index (κ1) is 22.6. The second kappa shape index (κ2) is 12.9. The summed E-state index contributed by atoms with van der Waals surface area (Å²) in [5, 5.41) is 15.6. The molecule has 26 heavy (non-hydrogen) atoms. The average molecular weight is 436 g/mol. The van der Waals surface area contributed by atoms with Crippen LogP contribution in [0.15, 0.2) is 27.7 Å². The summed E-state index contributed by atoms with van der Waals surface area (Å²) in [7, 11) is 0. The van der Waals surface area contributed by atoms with E-state index in [1.54, 1.807) is 12.1 Å². The van der Waals surface area contributed by atoms with Gasteiger partial charge in [-0.2, -0.15) is 8.78 Å². The molecule has 0 saturated heterocycles. The van der Waals surface area contributed by atoms with Gasteiger partial charge in [-0.1, -0.05) is 29.3 Å². The number of ether oxygens (including phenoxy) is 1. The maximum atomic E-state index is 12.6. The molecule has 3 N–H and O–H groups in total. The van der Waals surface area contributed by atoms with Gasteiger partial charge in [0.05, 0.1) is 6.54 Å². The van der Waals surface area contributed by atoms with Gasteiger partial charge in [-0.25, -0.2) is 4.99 Å². The second-order valence-electron chi connectivity index (χ2n) is 5.87. The molecule has 0 heterocycles. The van der Waals surface area contributed by atoms with Crippen LogP contribution in [-0.4, -0.2) is 37.4 Å². The van der Waals surface area contributed by atoms with Gasteiger partial charge in [-0.3, -0.25) is 0 Å². The van der Waals surface area contributed by atoms with Crippen LogP contribution in [0.1, 0.15) is 38.7 Å². The van der Waals surface area contributed by atoms with Crippen LogP contribution in [-0.2, 0) is 6.54 Å². The number of benzene rings is 1. The number of rotatable bonds is 11. The van der Waals surface area contributed by atoms with E-state index in [0.29, 0.717) is 30.5 Å². The summed E-state index contributed by atoms with van der Waals surface area (Å²) in [6, 6.07) is 4.87. The van der Waals surface area contributed by atoms with Crippen molar-refractivity contribution in [1.82, 2.24) is 10.6 Å². The van der Waals surface area contributed by atoms with Gasteiger partial charge < -0.3 is 20.5 Å². The Hall–Kier alpha value is -1.41. The van der Waals surface area contributed by atoms with Crippen LogP contribution in [0.4, 0.5) is 8.78 Å². The van der Waals surface area contributed by atoms with Gasteiger partial charge in [-0.15, -0.1) is 0 Å². The van der Waals surface area contributed by atoms with Crippen molar-refractivity contribution in [2.45, 2.75) is 46.3 Å². The predicted molar refractivity (Wildman–Crippen MR) is 104 cm³/mol. The molecule has 1 unspecified atom stereocenters. The van der Waals surface area contributed by atoms with Crippen molar-refractivity contribution in [3.63, 3.8) is 0 Å². The zero-order valence-corrected chi connectivity index (χ0v) is 16.9. The summed E-state index contributed by atoms with van der Waals surface area (Å²) in [5.74, 6) is 1.08. The molecular formula is C18H28BrF2N3O2. The van der Waals surface area contributed by atoms with Crippen LogP contribution >= 0.6 is 15.9 Å². The zero-order chi connectivity index (χ0) is 19.4. The third-order valence-electron chi connectivity index (χ3n) is 3.78. The van der Waals surface area contributed by atoms with Gasteiger partial charge in [0.15, 0.2) is 5.96 Å². The lowest BCUT2D eigenvalue weighted by Crippen LogP contribution is -2.40. The van der Waals surface area contributed by atoms with Crippen LogP contribution in [0.2, 0.25) is 0 Å². The number of hydrogen-bond acceptors (Lipinski definition) is 3. The molecule has 0 aliphatic rings. The van der Waals surface area contributed by atoms with Crippen LogP contribution in [0, 0.1) is 5.92 Å². The molecule has 0 aliphatic carbocycles. The van der Waals surface area contributed by atoms with Crippen molar-refractivity contribution >= 4 is 21.9 Å². The van der Waals surface area contributed by atoms with Gasteiger partial charge in [0.25, 0.3) is 0 Å². The van der Waals surface area contributed by atoms with E-state index in [1.807, 2.05) is 6.92 Å². The van der Waals surface area contributed by atoms with Gasteiger partial charge in [0.2, 0.25) is 0 Å². The van der Waals surface area contributed by atoms with Crippen LogP contribution < -0.4 is 15.4 Å². The lowest BCUT2D eigenvalue weighted by molar-refractivity contribution is -0.0504. The van der Waals surface area contributed by atoms with E-state index < -0.39 is 6.61 Å². The number of aliphatic imine (C=N–C) groups is 1. The number of nitrogens with zero attached hydrogens (tertiary/aromatic N) is 1. The summed E-state index contributed by atoms with van der Waals surface area (Å²) in [6.45, 7) is 2.93. The van der Waals surface area contributed by atoms with E-state index in [-0.39, 0.29) is 18.9 Å². The van der Waals surface area contributed by atoms with Gasteiger partial charge in [-0.05, 0) is 43.9 Å². The number of aliphatic hydroxyl groups is 1. The molecule has 1 rings (SSSR count). The minimum Gasteiger partial charge on any atom is -0.434 e. The predicted octanol–water partition coefficient (Wildman–Crippen LogP) is 3.90. The standard InChI is InChI=1S/C18H28BrF2N3O2/c1-3-5-13(8-9-25)11-23-18(22-4-2)24-12-14-10-15(19)6-7-16(14)26-17(20)21/h6-7,10,13,17,25H,3-5,8-9,11-12H2,1-2H3,(H2,22,23,24). The Labute approximate surface area is 162 Å². The highest BCUT2D eigenvalue weighted by molar-refractivity contribution is 9.10. The van der Waals surface area contributed by atoms with Crippen molar-refractivity contribution in [2.24, 2.45) is 10.9 Å². The summed E-state index contributed by atoms with van der Waals surface area (Å²) in [5.41, 5.74) is 0.567. The molecule has 0 aliphatic heterocycles. The molecule has 0 spiro atoms. The Morgan fingerprint density at radius 3 is 2.65 bits per heavy atom. The van der Waals surface area contributed by atoms with E-state index in [2.05, 4.69) is 43.2 Å². The Morgan fingerprint density at radius 2 is 2.04 bits per heavy atom. The number of nitrogens with one attached hydrogen (secondary N) is 2. The fourth-order valence-corrected chi connectivity index (χ4v) is 2.98.